The summed E-state index contributed by atoms with van der Waals surface area (Å²) in [6.45, 7) is 4.20. The van der Waals surface area contributed by atoms with Gasteiger partial charge in [-0.25, -0.2) is 15.0 Å². The number of benzene rings is 1. The Balaban J connectivity index is 1.13. The molecule has 6 heterocycles. The summed E-state index contributed by atoms with van der Waals surface area (Å²) in [5.74, 6) is 3.60. The van der Waals surface area contributed by atoms with Gasteiger partial charge >= 0.3 is 0 Å². The van der Waals surface area contributed by atoms with Crippen molar-refractivity contribution in [1.29, 1.82) is 0 Å². The SMILES string of the molecule is COc1cc(N2CC(Cn3c(-c4cc5cccnc5n4CC4CC4)nc4cc(C(=O)N5C[C@H]6CC[C@@H]5[C@@H]6N)cc(OC)c43)C2)ccn1. The molecule has 11 heteroatoms. The largest absolute Gasteiger partial charge is 0.494 e. The first kappa shape index (κ1) is 28.6. The smallest absolute Gasteiger partial charge is 0.254 e. The number of amides is 1. The molecule has 47 heavy (non-hydrogen) atoms. The zero-order valence-corrected chi connectivity index (χ0v) is 26.9. The summed E-state index contributed by atoms with van der Waals surface area (Å²) in [6.07, 6.45) is 8.21. The summed E-state index contributed by atoms with van der Waals surface area (Å²) in [5, 5.41) is 1.10. The number of carbonyl (C=O) groups is 1. The lowest BCUT2D eigenvalue weighted by Gasteiger charge is -2.41. The van der Waals surface area contributed by atoms with Crippen molar-refractivity contribution < 1.29 is 14.3 Å². The van der Waals surface area contributed by atoms with E-state index in [-0.39, 0.29) is 18.0 Å². The van der Waals surface area contributed by atoms with Crippen LogP contribution in [0.1, 0.15) is 36.0 Å². The summed E-state index contributed by atoms with van der Waals surface area (Å²) in [4.78, 5) is 32.7. The zero-order chi connectivity index (χ0) is 31.8. The summed E-state index contributed by atoms with van der Waals surface area (Å²) in [7, 11) is 3.33. The number of hydrogen-bond acceptors (Lipinski definition) is 8. The number of anilines is 1. The quantitative estimate of drug-likeness (QED) is 0.251. The van der Waals surface area contributed by atoms with E-state index in [0.29, 0.717) is 34.9 Å². The minimum atomic E-state index is 0.0124. The number of pyridine rings is 2. The number of imidazole rings is 1. The van der Waals surface area contributed by atoms with Crippen LogP contribution >= 0.6 is 0 Å². The van der Waals surface area contributed by atoms with E-state index in [1.54, 1.807) is 20.4 Å². The van der Waals surface area contributed by atoms with Crippen LogP contribution in [0, 0.1) is 17.8 Å². The van der Waals surface area contributed by atoms with Gasteiger partial charge in [0.2, 0.25) is 5.88 Å². The third kappa shape index (κ3) is 4.73. The summed E-state index contributed by atoms with van der Waals surface area (Å²) >= 11 is 0. The predicted octanol–water partition coefficient (Wildman–Crippen LogP) is 4.57. The van der Waals surface area contributed by atoms with Crippen LogP contribution in [-0.4, -0.2) is 80.8 Å². The van der Waals surface area contributed by atoms with Crippen molar-refractivity contribution in [2.24, 2.45) is 23.5 Å². The highest BCUT2D eigenvalue weighted by atomic mass is 16.5. The third-order valence-electron chi connectivity index (χ3n) is 10.9. The standard InChI is InChI=1S/C36H40N8O3/c1-46-30-14-25(36(45)43-20-24-7-8-28(43)32(24)37)12-27-33(30)44(19-22-16-41(17-22)26-9-11-38-31(15-26)47-2)35(40-27)29-13-23-4-3-10-39-34(23)42(29)18-21-5-6-21/h3-4,9-15,21-22,24,28,32H,5-8,16-20,37H2,1-2H3/t24-,28-,32-/m1/s1. The molecule has 0 spiro atoms. The number of nitrogens with two attached hydrogens (primary N) is 1. The third-order valence-corrected chi connectivity index (χ3v) is 10.9. The highest BCUT2D eigenvalue weighted by molar-refractivity contribution is 6.00. The average Bonchev–Trinajstić information content (AvgIpc) is 3.44. The lowest BCUT2D eigenvalue weighted by molar-refractivity contribution is 0.0700. The first-order valence-electron chi connectivity index (χ1n) is 16.8. The normalized spacial score (nSPS) is 22.4. The fourth-order valence-corrected chi connectivity index (χ4v) is 8.21. The number of nitrogens with zero attached hydrogens (tertiary/aromatic N) is 7. The first-order valence-corrected chi connectivity index (χ1v) is 16.8. The molecule has 11 nitrogen and oxygen atoms in total. The van der Waals surface area contributed by atoms with Gasteiger partial charge in [0, 0.05) is 85.8 Å². The van der Waals surface area contributed by atoms with Crippen LogP contribution in [-0.2, 0) is 13.1 Å². The predicted molar refractivity (Wildman–Crippen MR) is 180 cm³/mol. The molecule has 2 N–H and O–H groups in total. The van der Waals surface area contributed by atoms with Crippen molar-refractivity contribution in [3.8, 4) is 23.1 Å². The van der Waals surface area contributed by atoms with Gasteiger partial charge in [-0.3, -0.25) is 4.79 Å². The van der Waals surface area contributed by atoms with Gasteiger partial charge in [0.05, 0.1) is 25.4 Å². The Bertz CT molecular complexity index is 2010. The minimum absolute atomic E-state index is 0.0124. The van der Waals surface area contributed by atoms with E-state index in [1.165, 1.54) is 12.8 Å². The molecule has 2 saturated carbocycles. The van der Waals surface area contributed by atoms with Crippen LogP contribution in [0.5, 0.6) is 11.6 Å². The van der Waals surface area contributed by atoms with Gasteiger partial charge in [-0.15, -0.1) is 0 Å². The Morgan fingerprint density at radius 2 is 1.77 bits per heavy atom. The molecule has 2 aliphatic carbocycles. The van der Waals surface area contributed by atoms with E-state index < -0.39 is 0 Å². The second-order valence-corrected chi connectivity index (χ2v) is 13.9. The molecular formula is C36H40N8O3. The highest BCUT2D eigenvalue weighted by Crippen LogP contribution is 2.41. The second-order valence-electron chi connectivity index (χ2n) is 13.9. The zero-order valence-electron chi connectivity index (χ0n) is 26.9. The average molecular weight is 633 g/mol. The molecule has 3 atom stereocenters. The number of ether oxygens (including phenoxy) is 2. The van der Waals surface area contributed by atoms with Gasteiger partial charge in [0.1, 0.15) is 16.9 Å². The van der Waals surface area contributed by atoms with E-state index in [2.05, 4.69) is 31.2 Å². The molecule has 2 aliphatic heterocycles. The van der Waals surface area contributed by atoms with Gasteiger partial charge < -0.3 is 34.1 Å². The van der Waals surface area contributed by atoms with Crippen LogP contribution in [0.25, 0.3) is 33.6 Å². The Kier molecular flexibility index (Phi) is 6.67. The molecule has 4 aliphatic rings. The van der Waals surface area contributed by atoms with Gasteiger partial charge in [-0.2, -0.15) is 0 Å². The van der Waals surface area contributed by atoms with E-state index in [9.17, 15) is 4.79 Å². The number of methoxy groups -OCH3 is 2. The molecule has 2 bridgehead atoms. The maximum absolute atomic E-state index is 14.0. The molecular weight excluding hydrogens is 592 g/mol. The van der Waals surface area contributed by atoms with E-state index >= 15 is 0 Å². The monoisotopic (exact) mass is 632 g/mol. The number of carbonyl (C=O) groups excluding carboxylic acids is 1. The van der Waals surface area contributed by atoms with Crippen LogP contribution < -0.4 is 20.1 Å². The van der Waals surface area contributed by atoms with Crippen molar-refractivity contribution in [2.45, 2.75) is 50.9 Å². The van der Waals surface area contributed by atoms with Gasteiger partial charge in [0.15, 0.2) is 5.82 Å². The van der Waals surface area contributed by atoms with E-state index in [4.69, 9.17) is 25.2 Å². The maximum Gasteiger partial charge on any atom is 0.254 e. The van der Waals surface area contributed by atoms with Crippen molar-refractivity contribution >= 4 is 33.7 Å². The molecule has 1 aromatic carbocycles. The molecule has 4 aromatic heterocycles. The van der Waals surface area contributed by atoms with E-state index in [0.717, 1.165) is 84.8 Å². The molecule has 5 aromatic rings. The molecule has 242 valence electrons. The number of piperidine rings is 1. The number of rotatable bonds is 9. The summed E-state index contributed by atoms with van der Waals surface area (Å²) < 4.78 is 16.1. The lowest BCUT2D eigenvalue weighted by Crippen LogP contribution is -2.48. The Labute approximate surface area is 273 Å². The minimum Gasteiger partial charge on any atom is -0.494 e. The maximum atomic E-state index is 14.0. The fourth-order valence-electron chi connectivity index (χ4n) is 8.21. The van der Waals surface area contributed by atoms with Gasteiger partial charge in [0.25, 0.3) is 5.91 Å². The summed E-state index contributed by atoms with van der Waals surface area (Å²) in [5.41, 5.74) is 11.9. The first-order chi connectivity index (χ1) is 23.0. The topological polar surface area (TPSA) is 117 Å². The van der Waals surface area contributed by atoms with Gasteiger partial charge in [-0.05, 0) is 73.9 Å². The summed E-state index contributed by atoms with van der Waals surface area (Å²) in [6, 6.07) is 14.4. The number of aromatic nitrogens is 5. The van der Waals surface area contributed by atoms with Gasteiger partial charge in [-0.1, -0.05) is 0 Å². The van der Waals surface area contributed by atoms with E-state index in [1.807, 2.05) is 41.4 Å². The van der Waals surface area contributed by atoms with Crippen molar-refractivity contribution in [3.05, 3.63) is 60.4 Å². The van der Waals surface area contributed by atoms with Crippen molar-refractivity contribution in [1.82, 2.24) is 29.0 Å². The van der Waals surface area contributed by atoms with Crippen LogP contribution in [0.4, 0.5) is 5.69 Å². The Hall–Kier alpha value is -4.64. The number of hydrogen-bond donors (Lipinski definition) is 1. The molecule has 9 rings (SSSR count). The Morgan fingerprint density at radius 1 is 0.915 bits per heavy atom. The lowest BCUT2D eigenvalue weighted by atomic mass is 9.99. The van der Waals surface area contributed by atoms with Crippen molar-refractivity contribution in [3.63, 3.8) is 0 Å². The second kappa shape index (κ2) is 11.0. The molecule has 2 saturated heterocycles. The molecule has 0 unspecified atom stereocenters. The number of fused-ring (bicyclic) bond motifs is 4. The Morgan fingerprint density at radius 3 is 2.51 bits per heavy atom. The van der Waals surface area contributed by atoms with Crippen LogP contribution in [0.2, 0.25) is 0 Å². The molecule has 1 amide bonds. The van der Waals surface area contributed by atoms with Crippen molar-refractivity contribution in [2.75, 3.05) is 38.8 Å². The van der Waals surface area contributed by atoms with Crippen LogP contribution in [0.15, 0.2) is 54.9 Å². The molecule has 4 fully saturated rings. The fraction of sp³-hybridized carbons (Fsp3) is 0.444. The van der Waals surface area contributed by atoms with Crippen LogP contribution in [0.3, 0.4) is 0 Å². The number of likely N-dealkylation sites (tertiary alicyclic amines) is 1. The highest BCUT2D eigenvalue weighted by Gasteiger charge is 2.47. The molecule has 0 radical (unpaired) electrons.